The second-order valence-electron chi connectivity index (χ2n) is 8.95. The predicted octanol–water partition coefficient (Wildman–Crippen LogP) is 4.58. The van der Waals surface area contributed by atoms with Gasteiger partial charge in [-0.25, -0.2) is 9.59 Å². The molecule has 0 saturated carbocycles. The summed E-state index contributed by atoms with van der Waals surface area (Å²) in [5.41, 5.74) is 5.24. The molecular formula is C27H26N2O5S. The van der Waals surface area contributed by atoms with E-state index in [4.69, 9.17) is 4.74 Å². The summed E-state index contributed by atoms with van der Waals surface area (Å²) in [5.74, 6) is -1.40. The second-order valence-corrected chi connectivity index (χ2v) is 9.95. The molecule has 180 valence electrons. The number of nitrogens with one attached hydrogen (secondary N) is 1. The van der Waals surface area contributed by atoms with Crippen molar-refractivity contribution < 1.29 is 24.2 Å². The first-order valence-corrected chi connectivity index (χ1v) is 12.5. The van der Waals surface area contributed by atoms with Gasteiger partial charge in [-0.05, 0) is 52.6 Å². The molecule has 2 atom stereocenters. The fraction of sp³-hybridized carbons (Fsp3) is 0.296. The predicted molar refractivity (Wildman–Crippen MR) is 132 cm³/mol. The van der Waals surface area contributed by atoms with Crippen molar-refractivity contribution in [2.75, 3.05) is 13.2 Å². The van der Waals surface area contributed by atoms with E-state index >= 15 is 0 Å². The minimum atomic E-state index is -1.05. The SMILES string of the molecule is C[C@H](CC(=O)N1CCc2sccc2C1C(=O)O)NC(=O)OCC1c2ccccc2-c2ccccc21. The monoisotopic (exact) mass is 490 g/mol. The lowest BCUT2D eigenvalue weighted by atomic mass is 9.98. The van der Waals surface area contributed by atoms with Crippen molar-refractivity contribution in [1.29, 1.82) is 0 Å². The summed E-state index contributed by atoms with van der Waals surface area (Å²) in [5, 5.41) is 14.3. The van der Waals surface area contributed by atoms with Gasteiger partial charge in [0.15, 0.2) is 6.04 Å². The summed E-state index contributed by atoms with van der Waals surface area (Å²) in [4.78, 5) is 39.8. The van der Waals surface area contributed by atoms with Crippen molar-refractivity contribution in [2.45, 2.75) is 37.8 Å². The molecular weight excluding hydrogens is 464 g/mol. The summed E-state index contributed by atoms with van der Waals surface area (Å²) < 4.78 is 5.57. The van der Waals surface area contributed by atoms with Gasteiger partial charge in [0, 0.05) is 29.8 Å². The van der Waals surface area contributed by atoms with E-state index in [1.807, 2.05) is 29.6 Å². The number of hydrogen-bond acceptors (Lipinski definition) is 5. The third-order valence-electron chi connectivity index (χ3n) is 6.71. The normalized spacial score (nSPS) is 17.2. The van der Waals surface area contributed by atoms with Crippen molar-refractivity contribution in [3.63, 3.8) is 0 Å². The first-order chi connectivity index (χ1) is 16.9. The van der Waals surface area contributed by atoms with Gasteiger partial charge in [-0.15, -0.1) is 11.3 Å². The highest BCUT2D eigenvalue weighted by molar-refractivity contribution is 7.10. The van der Waals surface area contributed by atoms with Crippen LogP contribution in [0.3, 0.4) is 0 Å². The van der Waals surface area contributed by atoms with Crippen molar-refractivity contribution >= 4 is 29.3 Å². The average Bonchev–Trinajstić information content (AvgIpc) is 3.44. The van der Waals surface area contributed by atoms with E-state index in [-0.39, 0.29) is 24.9 Å². The molecule has 1 aromatic heterocycles. The largest absolute Gasteiger partial charge is 0.479 e. The summed E-state index contributed by atoms with van der Waals surface area (Å²) in [6, 6.07) is 16.5. The Kier molecular flexibility index (Phi) is 6.30. The number of hydrogen-bond donors (Lipinski definition) is 2. The number of fused-ring (bicyclic) bond motifs is 4. The van der Waals surface area contributed by atoms with Crippen LogP contribution in [0.25, 0.3) is 11.1 Å². The lowest BCUT2D eigenvalue weighted by Crippen LogP contribution is -2.45. The first kappa shape index (κ1) is 23.1. The number of carboxylic acid groups (broad SMARTS) is 1. The van der Waals surface area contributed by atoms with Gasteiger partial charge in [0.05, 0.1) is 0 Å². The Morgan fingerprint density at radius 1 is 1.06 bits per heavy atom. The van der Waals surface area contributed by atoms with Gasteiger partial charge in [-0.1, -0.05) is 48.5 Å². The van der Waals surface area contributed by atoms with E-state index in [9.17, 15) is 19.5 Å². The summed E-state index contributed by atoms with van der Waals surface area (Å²) in [7, 11) is 0. The number of nitrogens with zero attached hydrogens (tertiary/aromatic N) is 1. The molecule has 0 saturated heterocycles. The molecule has 5 rings (SSSR count). The Balaban J connectivity index is 1.19. The van der Waals surface area contributed by atoms with Gasteiger partial charge in [-0.3, -0.25) is 4.79 Å². The molecule has 0 radical (unpaired) electrons. The zero-order valence-electron chi connectivity index (χ0n) is 19.3. The molecule has 1 aliphatic heterocycles. The number of rotatable bonds is 6. The molecule has 2 aromatic carbocycles. The van der Waals surface area contributed by atoms with Gasteiger partial charge >= 0.3 is 12.1 Å². The van der Waals surface area contributed by atoms with E-state index < -0.39 is 24.1 Å². The first-order valence-electron chi connectivity index (χ1n) is 11.6. The maximum atomic E-state index is 13.0. The van der Waals surface area contributed by atoms with Crippen LogP contribution < -0.4 is 5.32 Å². The number of carboxylic acids is 1. The number of carbonyl (C=O) groups excluding carboxylic acids is 2. The van der Waals surface area contributed by atoms with Crippen LogP contribution in [0.2, 0.25) is 0 Å². The Morgan fingerprint density at radius 3 is 2.37 bits per heavy atom. The molecule has 1 aliphatic carbocycles. The average molecular weight is 491 g/mol. The van der Waals surface area contributed by atoms with Crippen LogP contribution >= 0.6 is 11.3 Å². The van der Waals surface area contributed by atoms with Gasteiger partial charge in [0.2, 0.25) is 5.91 Å². The number of carbonyl (C=O) groups is 3. The lowest BCUT2D eigenvalue weighted by molar-refractivity contribution is -0.151. The number of amides is 2. The zero-order chi connectivity index (χ0) is 24.5. The number of ether oxygens (including phenoxy) is 1. The molecule has 1 unspecified atom stereocenters. The van der Waals surface area contributed by atoms with E-state index in [1.165, 1.54) is 16.2 Å². The Labute approximate surface area is 207 Å². The molecule has 7 nitrogen and oxygen atoms in total. The molecule has 3 aromatic rings. The van der Waals surface area contributed by atoms with E-state index in [0.717, 1.165) is 27.1 Å². The summed E-state index contributed by atoms with van der Waals surface area (Å²) >= 11 is 1.52. The number of benzene rings is 2. The lowest BCUT2D eigenvalue weighted by Gasteiger charge is -2.34. The van der Waals surface area contributed by atoms with Gasteiger partial charge in [0.1, 0.15) is 6.61 Å². The summed E-state index contributed by atoms with van der Waals surface area (Å²) in [6.07, 6.45) is 0.0326. The van der Waals surface area contributed by atoms with Crippen LogP contribution in [0.5, 0.6) is 0 Å². The van der Waals surface area contributed by atoms with Crippen LogP contribution in [0.4, 0.5) is 4.79 Å². The number of alkyl carbamates (subject to hydrolysis) is 1. The summed E-state index contributed by atoms with van der Waals surface area (Å²) in [6.45, 7) is 2.25. The zero-order valence-corrected chi connectivity index (χ0v) is 20.1. The highest BCUT2D eigenvalue weighted by Crippen LogP contribution is 2.44. The van der Waals surface area contributed by atoms with Crippen molar-refractivity contribution in [3.8, 4) is 11.1 Å². The molecule has 35 heavy (non-hydrogen) atoms. The maximum Gasteiger partial charge on any atom is 0.407 e. The third kappa shape index (κ3) is 4.41. The number of thiophene rings is 1. The van der Waals surface area contributed by atoms with Crippen LogP contribution in [-0.4, -0.2) is 47.2 Å². The van der Waals surface area contributed by atoms with Crippen LogP contribution in [0.15, 0.2) is 60.0 Å². The quantitative estimate of drug-likeness (QED) is 0.528. The van der Waals surface area contributed by atoms with E-state index in [1.54, 1.807) is 13.0 Å². The highest BCUT2D eigenvalue weighted by Gasteiger charge is 2.37. The fourth-order valence-corrected chi connectivity index (χ4v) is 6.03. The maximum absolute atomic E-state index is 13.0. The minimum Gasteiger partial charge on any atom is -0.479 e. The molecule has 2 N–H and O–H groups in total. The standard InChI is InChI=1S/C27H26N2O5S/c1-16(14-24(30)29-12-10-23-21(11-13-35-23)25(29)26(31)32)28-27(33)34-15-22-19-8-4-2-6-17(19)18-7-3-5-9-20(18)22/h2-9,11,13,16,22,25H,10,12,14-15H2,1H3,(H,28,33)(H,31,32)/t16-,25?/m1/s1. The van der Waals surface area contributed by atoms with Gasteiger partial charge < -0.3 is 20.1 Å². The molecule has 2 aliphatic rings. The van der Waals surface area contributed by atoms with Crippen LogP contribution in [-0.2, 0) is 20.7 Å². The van der Waals surface area contributed by atoms with E-state index in [2.05, 4.69) is 29.6 Å². The van der Waals surface area contributed by atoms with Gasteiger partial charge in [-0.2, -0.15) is 0 Å². The molecule has 2 amide bonds. The van der Waals surface area contributed by atoms with Crippen molar-refractivity contribution in [3.05, 3.63) is 81.5 Å². The molecule has 0 fully saturated rings. The molecule has 2 heterocycles. The topological polar surface area (TPSA) is 95.9 Å². The van der Waals surface area contributed by atoms with Gasteiger partial charge in [0.25, 0.3) is 0 Å². The molecule has 8 heteroatoms. The molecule has 0 bridgehead atoms. The smallest absolute Gasteiger partial charge is 0.407 e. The minimum absolute atomic E-state index is 0.00650. The van der Waals surface area contributed by atoms with E-state index in [0.29, 0.717) is 18.5 Å². The fourth-order valence-electron chi connectivity index (χ4n) is 5.12. The second kappa shape index (κ2) is 9.54. The Bertz CT molecular complexity index is 1240. The highest BCUT2D eigenvalue weighted by atomic mass is 32.1. The number of aliphatic carboxylic acids is 1. The molecule has 0 spiro atoms. The van der Waals surface area contributed by atoms with Crippen molar-refractivity contribution in [1.82, 2.24) is 10.2 Å². The Morgan fingerprint density at radius 2 is 1.71 bits per heavy atom. The van der Waals surface area contributed by atoms with Crippen LogP contribution in [0, 0.1) is 0 Å². The van der Waals surface area contributed by atoms with Crippen molar-refractivity contribution in [2.24, 2.45) is 0 Å². The third-order valence-corrected chi connectivity index (χ3v) is 7.71. The Hall–Kier alpha value is -3.65. The van der Waals surface area contributed by atoms with Crippen LogP contribution in [0.1, 0.15) is 46.9 Å².